The Morgan fingerprint density at radius 3 is 2.07 bits per heavy atom. The molecule has 3 heteroatoms. The Labute approximate surface area is 330 Å². The summed E-state index contributed by atoms with van der Waals surface area (Å²) < 4.78 is 5.10. The van der Waals surface area contributed by atoms with Crippen LogP contribution in [0.15, 0.2) is 206 Å². The van der Waals surface area contributed by atoms with E-state index < -0.39 is 0 Å². The van der Waals surface area contributed by atoms with Gasteiger partial charge in [-0.05, 0) is 94.7 Å². The van der Waals surface area contributed by atoms with E-state index >= 15 is 0 Å². The van der Waals surface area contributed by atoms with Crippen molar-refractivity contribution in [3.63, 3.8) is 0 Å². The number of rotatable bonds is 6. The molecular formula is C53H38N2S. The molecule has 266 valence electrons. The van der Waals surface area contributed by atoms with Crippen molar-refractivity contribution >= 4 is 75.5 Å². The van der Waals surface area contributed by atoms with E-state index in [9.17, 15) is 0 Å². The normalized spacial score (nSPS) is 15.6. The summed E-state index contributed by atoms with van der Waals surface area (Å²) in [7, 11) is 0. The molecule has 0 spiro atoms. The maximum Gasteiger partial charge on any atom is 0.0561 e. The van der Waals surface area contributed by atoms with Crippen molar-refractivity contribution in [2.24, 2.45) is 5.92 Å². The molecule has 0 bridgehead atoms. The summed E-state index contributed by atoms with van der Waals surface area (Å²) in [5, 5.41) is 7.58. The van der Waals surface area contributed by atoms with Gasteiger partial charge < -0.3 is 9.47 Å². The number of thiophene rings is 1. The van der Waals surface area contributed by atoms with E-state index in [1.165, 1.54) is 80.8 Å². The molecule has 0 saturated heterocycles. The minimum absolute atomic E-state index is 0.262. The lowest BCUT2D eigenvalue weighted by atomic mass is 9.83. The molecule has 2 heterocycles. The van der Waals surface area contributed by atoms with Crippen LogP contribution in [0, 0.1) is 5.92 Å². The van der Waals surface area contributed by atoms with Gasteiger partial charge in [0, 0.05) is 59.3 Å². The fourth-order valence-corrected chi connectivity index (χ4v) is 9.99. The molecular weight excluding hydrogens is 697 g/mol. The summed E-state index contributed by atoms with van der Waals surface area (Å²) in [6.45, 7) is 2.32. The zero-order chi connectivity index (χ0) is 37.2. The number of para-hydroxylation sites is 1. The Bertz CT molecular complexity index is 3160. The Morgan fingerprint density at radius 2 is 1.21 bits per heavy atom. The molecule has 56 heavy (non-hydrogen) atoms. The number of hydrogen-bond acceptors (Lipinski definition) is 2. The van der Waals surface area contributed by atoms with E-state index in [1.54, 1.807) is 0 Å². The predicted octanol–water partition coefficient (Wildman–Crippen LogP) is 15.0. The van der Waals surface area contributed by atoms with Crippen LogP contribution >= 0.6 is 11.3 Å². The maximum absolute atomic E-state index is 2.47. The number of fused-ring (bicyclic) bond motifs is 7. The molecule has 10 aromatic rings. The summed E-state index contributed by atoms with van der Waals surface area (Å²) in [6, 6.07) is 66.9. The minimum Gasteiger partial charge on any atom is -0.310 e. The second-order valence-electron chi connectivity index (χ2n) is 15.0. The molecule has 8 aromatic carbocycles. The van der Waals surface area contributed by atoms with E-state index in [1.807, 2.05) is 11.3 Å². The fourth-order valence-electron chi connectivity index (χ4n) is 8.90. The van der Waals surface area contributed by atoms with Gasteiger partial charge in [-0.25, -0.2) is 0 Å². The van der Waals surface area contributed by atoms with Crippen molar-refractivity contribution in [2.75, 3.05) is 4.90 Å². The number of nitrogens with zero attached hydrogens (tertiary/aromatic N) is 2. The summed E-state index contributed by atoms with van der Waals surface area (Å²) in [4.78, 5) is 2.47. The summed E-state index contributed by atoms with van der Waals surface area (Å²) in [6.07, 6.45) is 7.17. The lowest BCUT2D eigenvalue weighted by molar-refractivity contribution is 0.629. The summed E-state index contributed by atoms with van der Waals surface area (Å²) in [5.41, 5.74) is 10.8. The standard InChI is InChI=1S/C53H38N2S/c1-35-23-26-41(33-46(35)37-13-4-2-5-14-37)54(49-21-12-16-36-15-8-9-19-43(36)49)42-27-28-44-47-31-38(24-29-50(47)55(51(44)34-42)40-17-6-3-7-18-40)39-25-30-53-48(32-39)45-20-10-11-22-52(45)56-53/h2-35,46H,1H3. The molecule has 2 atom stereocenters. The van der Waals surface area contributed by atoms with Gasteiger partial charge >= 0.3 is 0 Å². The Kier molecular flexibility index (Phi) is 7.75. The molecule has 1 aliphatic carbocycles. The molecule has 0 N–H and O–H groups in total. The highest BCUT2D eigenvalue weighted by molar-refractivity contribution is 7.25. The van der Waals surface area contributed by atoms with Crippen molar-refractivity contribution in [1.82, 2.24) is 4.57 Å². The zero-order valence-corrected chi connectivity index (χ0v) is 31.8. The third-order valence-electron chi connectivity index (χ3n) is 11.7. The minimum atomic E-state index is 0.262. The first-order valence-corrected chi connectivity index (χ1v) is 20.3. The Morgan fingerprint density at radius 1 is 0.518 bits per heavy atom. The predicted molar refractivity (Wildman–Crippen MR) is 241 cm³/mol. The van der Waals surface area contributed by atoms with E-state index in [0.29, 0.717) is 5.92 Å². The van der Waals surface area contributed by atoms with Gasteiger partial charge in [0.25, 0.3) is 0 Å². The SMILES string of the molecule is CC1C=CC(N(c2ccc3c4cc(-c5ccc6sc7ccccc7c6c5)ccc4n(-c4ccccc4)c3c2)c2cccc3ccccc23)=CC1c1ccccc1. The van der Waals surface area contributed by atoms with Gasteiger partial charge in [0.05, 0.1) is 16.7 Å². The molecule has 0 fully saturated rings. The van der Waals surface area contributed by atoms with Crippen molar-refractivity contribution in [3.8, 4) is 16.8 Å². The van der Waals surface area contributed by atoms with Crippen LogP contribution in [-0.4, -0.2) is 4.57 Å². The number of allylic oxidation sites excluding steroid dienone is 3. The van der Waals surface area contributed by atoms with Gasteiger partial charge in [-0.2, -0.15) is 0 Å². The smallest absolute Gasteiger partial charge is 0.0561 e. The second kappa shape index (κ2) is 13.3. The maximum atomic E-state index is 2.47. The molecule has 11 rings (SSSR count). The molecule has 0 saturated carbocycles. The second-order valence-corrected chi connectivity index (χ2v) is 16.1. The van der Waals surface area contributed by atoms with E-state index in [-0.39, 0.29) is 5.92 Å². The lowest BCUT2D eigenvalue weighted by Crippen LogP contribution is -2.20. The highest BCUT2D eigenvalue weighted by Crippen LogP contribution is 2.44. The quantitative estimate of drug-likeness (QED) is 0.165. The van der Waals surface area contributed by atoms with Gasteiger partial charge in [-0.15, -0.1) is 11.3 Å². The Balaban J connectivity index is 1.13. The van der Waals surface area contributed by atoms with Crippen LogP contribution in [0.1, 0.15) is 18.4 Å². The molecule has 1 aliphatic rings. The van der Waals surface area contributed by atoms with Crippen molar-refractivity contribution in [3.05, 3.63) is 211 Å². The average Bonchev–Trinajstić information content (AvgIpc) is 3.79. The monoisotopic (exact) mass is 734 g/mol. The van der Waals surface area contributed by atoms with Gasteiger partial charge in [0.15, 0.2) is 0 Å². The fraction of sp³-hybridized carbons (Fsp3) is 0.0566. The van der Waals surface area contributed by atoms with Crippen molar-refractivity contribution in [1.29, 1.82) is 0 Å². The third-order valence-corrected chi connectivity index (χ3v) is 12.8. The van der Waals surface area contributed by atoms with Crippen molar-refractivity contribution in [2.45, 2.75) is 12.8 Å². The van der Waals surface area contributed by atoms with E-state index in [0.717, 1.165) is 11.4 Å². The number of aromatic nitrogens is 1. The van der Waals surface area contributed by atoms with Crippen LogP contribution in [0.2, 0.25) is 0 Å². The largest absolute Gasteiger partial charge is 0.310 e. The third kappa shape index (κ3) is 5.38. The molecule has 0 amide bonds. The van der Waals surface area contributed by atoms with Gasteiger partial charge in [0.1, 0.15) is 0 Å². The van der Waals surface area contributed by atoms with Crippen LogP contribution < -0.4 is 4.90 Å². The summed E-state index contributed by atoms with van der Waals surface area (Å²) >= 11 is 1.87. The summed E-state index contributed by atoms with van der Waals surface area (Å²) in [5.74, 6) is 0.643. The highest BCUT2D eigenvalue weighted by atomic mass is 32.1. The van der Waals surface area contributed by atoms with Crippen LogP contribution in [0.3, 0.4) is 0 Å². The zero-order valence-electron chi connectivity index (χ0n) is 31.0. The number of anilines is 2. The van der Waals surface area contributed by atoms with Gasteiger partial charge in [-0.3, -0.25) is 0 Å². The van der Waals surface area contributed by atoms with Crippen LogP contribution in [-0.2, 0) is 0 Å². The lowest BCUT2D eigenvalue weighted by Gasteiger charge is -2.32. The first kappa shape index (κ1) is 32.7. The van der Waals surface area contributed by atoms with Gasteiger partial charge in [0.2, 0.25) is 0 Å². The first-order chi connectivity index (χ1) is 27.7. The molecule has 2 nitrogen and oxygen atoms in total. The van der Waals surface area contributed by atoms with E-state index in [4.69, 9.17) is 0 Å². The molecule has 0 radical (unpaired) electrons. The van der Waals surface area contributed by atoms with Crippen molar-refractivity contribution < 1.29 is 0 Å². The van der Waals surface area contributed by atoms with Gasteiger partial charge in [-0.1, -0.05) is 140 Å². The van der Waals surface area contributed by atoms with Crippen LogP contribution in [0.25, 0.3) is 69.6 Å². The topological polar surface area (TPSA) is 8.17 Å². The molecule has 0 aliphatic heterocycles. The highest BCUT2D eigenvalue weighted by Gasteiger charge is 2.25. The first-order valence-electron chi connectivity index (χ1n) is 19.5. The average molecular weight is 735 g/mol. The molecule has 2 unspecified atom stereocenters. The van der Waals surface area contributed by atoms with E-state index in [2.05, 4.69) is 217 Å². The number of hydrogen-bond donors (Lipinski definition) is 0. The number of benzene rings is 8. The Hall–Kier alpha value is -6.68. The van der Waals surface area contributed by atoms with Crippen LogP contribution in [0.5, 0.6) is 0 Å². The van der Waals surface area contributed by atoms with Crippen LogP contribution in [0.4, 0.5) is 11.4 Å². The molecule has 2 aromatic heterocycles.